The van der Waals surface area contributed by atoms with E-state index in [1.807, 2.05) is 44.7 Å². The van der Waals surface area contributed by atoms with E-state index in [2.05, 4.69) is 14.9 Å². The zero-order chi connectivity index (χ0) is 18.9. The van der Waals surface area contributed by atoms with Gasteiger partial charge in [0.2, 0.25) is 5.91 Å². The number of carbonyl (C=O) groups is 1. The second-order valence-corrected chi connectivity index (χ2v) is 7.73. The molecule has 0 N–H and O–H groups in total. The Kier molecular flexibility index (Phi) is 4.94. The number of amides is 1. The third-order valence-corrected chi connectivity index (χ3v) is 4.46. The first kappa shape index (κ1) is 18.3. The third kappa shape index (κ3) is 4.00. The summed E-state index contributed by atoms with van der Waals surface area (Å²) in [5.74, 6) is 1.22. The maximum Gasteiger partial charge on any atom is 0.228 e. The van der Waals surface area contributed by atoms with E-state index >= 15 is 0 Å². The van der Waals surface area contributed by atoms with Gasteiger partial charge in [-0.25, -0.2) is 14.4 Å². The number of nitrogens with zero attached hydrogens (tertiary/aromatic N) is 4. The van der Waals surface area contributed by atoms with Crippen molar-refractivity contribution in [3.63, 3.8) is 0 Å². The minimum atomic E-state index is -0.363. The van der Waals surface area contributed by atoms with Crippen molar-refractivity contribution < 1.29 is 9.18 Å². The number of aryl methyl sites for hydroxylation is 1. The minimum absolute atomic E-state index is 0.177. The molecule has 1 aromatic heterocycles. The van der Waals surface area contributed by atoms with Gasteiger partial charge in [-0.05, 0) is 19.1 Å². The summed E-state index contributed by atoms with van der Waals surface area (Å²) >= 11 is 0. The van der Waals surface area contributed by atoms with Crippen molar-refractivity contribution in [3.8, 4) is 11.4 Å². The lowest BCUT2D eigenvalue weighted by Gasteiger charge is -2.38. The van der Waals surface area contributed by atoms with E-state index < -0.39 is 0 Å². The molecule has 0 saturated carbocycles. The summed E-state index contributed by atoms with van der Waals surface area (Å²) in [4.78, 5) is 25.6. The maximum absolute atomic E-state index is 13.5. The number of hydrogen-bond donors (Lipinski definition) is 0. The SMILES string of the molecule is Cc1cc(N2CCN(C(=O)C(C)(C)C)CC2)nc(-c2cccc(F)c2)n1. The molecule has 0 unspecified atom stereocenters. The molecule has 0 spiro atoms. The summed E-state index contributed by atoms with van der Waals surface area (Å²) in [6.07, 6.45) is 0. The Bertz CT molecular complexity index is 808. The Balaban J connectivity index is 1.78. The van der Waals surface area contributed by atoms with Crippen LogP contribution in [-0.4, -0.2) is 47.0 Å². The fourth-order valence-corrected chi connectivity index (χ4v) is 3.08. The molecule has 1 aliphatic rings. The van der Waals surface area contributed by atoms with E-state index in [1.165, 1.54) is 12.1 Å². The van der Waals surface area contributed by atoms with Crippen molar-refractivity contribution in [2.45, 2.75) is 27.7 Å². The Morgan fingerprint density at radius 1 is 1.08 bits per heavy atom. The highest BCUT2D eigenvalue weighted by Gasteiger charge is 2.30. The Labute approximate surface area is 153 Å². The monoisotopic (exact) mass is 356 g/mol. The number of rotatable bonds is 2. The molecule has 3 rings (SSSR count). The summed E-state index contributed by atoms with van der Waals surface area (Å²) in [7, 11) is 0. The fraction of sp³-hybridized carbons (Fsp3) is 0.450. The van der Waals surface area contributed by atoms with Crippen LogP contribution in [0.4, 0.5) is 10.2 Å². The standard InChI is InChI=1S/C20H25FN4O/c1-14-12-17(23-18(22-14)15-6-5-7-16(21)13-15)24-8-10-25(11-9-24)19(26)20(2,3)4/h5-7,12-13H,8-11H2,1-4H3. The smallest absolute Gasteiger partial charge is 0.228 e. The summed E-state index contributed by atoms with van der Waals surface area (Å²) in [6, 6.07) is 8.25. The summed E-state index contributed by atoms with van der Waals surface area (Å²) in [5, 5.41) is 0. The van der Waals surface area contributed by atoms with Crippen LogP contribution >= 0.6 is 0 Å². The topological polar surface area (TPSA) is 49.3 Å². The summed E-state index contributed by atoms with van der Waals surface area (Å²) in [5.41, 5.74) is 1.14. The molecular weight excluding hydrogens is 331 g/mol. The lowest BCUT2D eigenvalue weighted by atomic mass is 9.94. The molecule has 1 aliphatic heterocycles. The van der Waals surface area contributed by atoms with Gasteiger partial charge in [-0.1, -0.05) is 32.9 Å². The molecule has 1 aromatic carbocycles. The maximum atomic E-state index is 13.5. The molecule has 1 fully saturated rings. The lowest BCUT2D eigenvalue weighted by Crippen LogP contribution is -2.51. The molecule has 2 aromatic rings. The van der Waals surface area contributed by atoms with Crippen LogP contribution in [-0.2, 0) is 4.79 Å². The second kappa shape index (κ2) is 7.02. The van der Waals surface area contributed by atoms with Crippen molar-refractivity contribution in [1.82, 2.24) is 14.9 Å². The van der Waals surface area contributed by atoms with Crippen molar-refractivity contribution in [2.24, 2.45) is 5.41 Å². The van der Waals surface area contributed by atoms with Crippen LogP contribution in [0.1, 0.15) is 26.5 Å². The van der Waals surface area contributed by atoms with Gasteiger partial charge in [-0.2, -0.15) is 0 Å². The number of halogens is 1. The van der Waals surface area contributed by atoms with E-state index in [-0.39, 0.29) is 17.1 Å². The van der Waals surface area contributed by atoms with Gasteiger partial charge >= 0.3 is 0 Å². The molecule has 1 amide bonds. The first-order valence-corrected chi connectivity index (χ1v) is 8.90. The average Bonchev–Trinajstić information content (AvgIpc) is 2.60. The second-order valence-electron chi connectivity index (χ2n) is 7.73. The largest absolute Gasteiger partial charge is 0.353 e. The van der Waals surface area contributed by atoms with Crippen molar-refractivity contribution >= 4 is 11.7 Å². The van der Waals surface area contributed by atoms with Crippen LogP contribution in [0.2, 0.25) is 0 Å². The van der Waals surface area contributed by atoms with Crippen LogP contribution in [0, 0.1) is 18.2 Å². The van der Waals surface area contributed by atoms with Gasteiger partial charge in [-0.3, -0.25) is 4.79 Å². The van der Waals surface area contributed by atoms with Crippen LogP contribution in [0.15, 0.2) is 30.3 Å². The zero-order valence-electron chi connectivity index (χ0n) is 15.8. The molecule has 0 aliphatic carbocycles. The van der Waals surface area contributed by atoms with E-state index in [9.17, 15) is 9.18 Å². The lowest BCUT2D eigenvalue weighted by molar-refractivity contribution is -0.139. The predicted octanol–water partition coefficient (Wildman–Crippen LogP) is 3.29. The van der Waals surface area contributed by atoms with Gasteiger partial charge in [0.1, 0.15) is 11.6 Å². The van der Waals surface area contributed by atoms with Gasteiger partial charge in [0.15, 0.2) is 5.82 Å². The molecule has 1 saturated heterocycles. The fourth-order valence-electron chi connectivity index (χ4n) is 3.08. The van der Waals surface area contributed by atoms with Crippen molar-refractivity contribution in [3.05, 3.63) is 41.8 Å². The van der Waals surface area contributed by atoms with E-state index in [4.69, 9.17) is 0 Å². The molecule has 2 heterocycles. The van der Waals surface area contributed by atoms with Crippen LogP contribution in [0.25, 0.3) is 11.4 Å². The zero-order valence-corrected chi connectivity index (χ0v) is 15.8. The molecule has 0 bridgehead atoms. The van der Waals surface area contributed by atoms with E-state index in [1.54, 1.807) is 6.07 Å². The number of carbonyl (C=O) groups excluding carboxylic acids is 1. The van der Waals surface area contributed by atoms with Crippen molar-refractivity contribution in [2.75, 3.05) is 31.1 Å². The molecule has 0 radical (unpaired) electrons. The highest BCUT2D eigenvalue weighted by atomic mass is 19.1. The van der Waals surface area contributed by atoms with Gasteiger partial charge in [-0.15, -0.1) is 0 Å². The predicted molar refractivity (Wildman–Crippen MR) is 100 cm³/mol. The summed E-state index contributed by atoms with van der Waals surface area (Å²) < 4.78 is 13.5. The number of anilines is 1. The van der Waals surface area contributed by atoms with Crippen LogP contribution in [0.3, 0.4) is 0 Å². The van der Waals surface area contributed by atoms with Crippen LogP contribution < -0.4 is 4.90 Å². The van der Waals surface area contributed by atoms with Crippen molar-refractivity contribution in [1.29, 1.82) is 0 Å². The number of hydrogen-bond acceptors (Lipinski definition) is 4. The molecular formula is C20H25FN4O. The Hall–Kier alpha value is -2.50. The Morgan fingerprint density at radius 3 is 2.38 bits per heavy atom. The van der Waals surface area contributed by atoms with Gasteiger partial charge in [0.05, 0.1) is 0 Å². The number of piperazine rings is 1. The van der Waals surface area contributed by atoms with Gasteiger partial charge < -0.3 is 9.80 Å². The highest BCUT2D eigenvalue weighted by molar-refractivity contribution is 5.81. The first-order chi connectivity index (χ1) is 12.2. The minimum Gasteiger partial charge on any atom is -0.353 e. The molecule has 5 nitrogen and oxygen atoms in total. The van der Waals surface area contributed by atoms with Gasteiger partial charge in [0.25, 0.3) is 0 Å². The van der Waals surface area contributed by atoms with Crippen LogP contribution in [0.5, 0.6) is 0 Å². The van der Waals surface area contributed by atoms with E-state index in [0.717, 1.165) is 24.6 Å². The first-order valence-electron chi connectivity index (χ1n) is 8.90. The average molecular weight is 356 g/mol. The molecule has 6 heteroatoms. The summed E-state index contributed by atoms with van der Waals surface area (Å²) in [6.45, 7) is 10.5. The highest BCUT2D eigenvalue weighted by Crippen LogP contribution is 2.23. The molecule has 0 atom stereocenters. The molecule has 138 valence electrons. The molecule has 26 heavy (non-hydrogen) atoms. The third-order valence-electron chi connectivity index (χ3n) is 4.46. The number of benzene rings is 1. The normalized spacial score (nSPS) is 15.3. The van der Waals surface area contributed by atoms with E-state index in [0.29, 0.717) is 24.5 Å². The quantitative estimate of drug-likeness (QED) is 0.829. The van der Waals surface area contributed by atoms with Gasteiger partial charge in [0, 0.05) is 48.9 Å². The number of aromatic nitrogens is 2. The Morgan fingerprint density at radius 2 is 1.77 bits per heavy atom.